The summed E-state index contributed by atoms with van der Waals surface area (Å²) < 4.78 is 2.25. The van der Waals surface area contributed by atoms with Gasteiger partial charge < -0.3 is 9.88 Å². The highest BCUT2D eigenvalue weighted by molar-refractivity contribution is 7.99. The number of imidazole rings is 1. The minimum absolute atomic E-state index is 0.702. The summed E-state index contributed by atoms with van der Waals surface area (Å²) in [5.74, 6) is 3.79. The van der Waals surface area contributed by atoms with Crippen molar-refractivity contribution in [2.45, 2.75) is 45.3 Å². The van der Waals surface area contributed by atoms with Crippen LogP contribution in [-0.2, 0) is 13.1 Å². The highest BCUT2D eigenvalue weighted by Crippen LogP contribution is 2.17. The lowest BCUT2D eigenvalue weighted by Gasteiger charge is -2.22. The summed E-state index contributed by atoms with van der Waals surface area (Å²) >= 11 is 2.07. The number of hydrogen-bond donors (Lipinski definition) is 1. The maximum Gasteiger partial charge on any atom is 0.122 e. The van der Waals surface area contributed by atoms with Crippen molar-refractivity contribution in [3.05, 3.63) is 18.2 Å². The molecule has 1 N–H and O–H groups in total. The van der Waals surface area contributed by atoms with E-state index in [1.165, 1.54) is 36.6 Å². The lowest BCUT2D eigenvalue weighted by Crippen LogP contribution is -2.32. The van der Waals surface area contributed by atoms with Crippen LogP contribution in [0.5, 0.6) is 0 Å². The highest BCUT2D eigenvalue weighted by atomic mass is 32.2. The molecule has 1 aliphatic rings. The summed E-state index contributed by atoms with van der Waals surface area (Å²) in [6, 6.07) is 0.702. The van der Waals surface area contributed by atoms with E-state index in [2.05, 4.69) is 39.8 Å². The van der Waals surface area contributed by atoms with E-state index in [0.717, 1.165) is 13.1 Å². The first kappa shape index (κ1) is 12.0. The molecule has 2 rings (SSSR count). The summed E-state index contributed by atoms with van der Waals surface area (Å²) in [6.07, 6.45) is 7.77. The Balaban J connectivity index is 1.81. The van der Waals surface area contributed by atoms with Gasteiger partial charge in [0.05, 0.1) is 6.54 Å². The Morgan fingerprint density at radius 1 is 1.50 bits per heavy atom. The van der Waals surface area contributed by atoms with E-state index in [1.54, 1.807) is 0 Å². The third-order valence-electron chi connectivity index (χ3n) is 3.04. The van der Waals surface area contributed by atoms with E-state index >= 15 is 0 Å². The Kier molecular flexibility index (Phi) is 4.72. The van der Waals surface area contributed by atoms with Crippen LogP contribution in [-0.4, -0.2) is 27.1 Å². The second-order valence-corrected chi connectivity index (χ2v) is 5.53. The molecule has 0 bridgehead atoms. The van der Waals surface area contributed by atoms with Crippen LogP contribution in [0.15, 0.2) is 12.4 Å². The van der Waals surface area contributed by atoms with Crippen LogP contribution in [0, 0.1) is 0 Å². The summed E-state index contributed by atoms with van der Waals surface area (Å²) in [5.41, 5.74) is 0. The smallest absolute Gasteiger partial charge is 0.122 e. The van der Waals surface area contributed by atoms with Crippen molar-refractivity contribution in [3.8, 4) is 0 Å². The molecular weight excluding hydrogens is 218 g/mol. The topological polar surface area (TPSA) is 29.9 Å². The van der Waals surface area contributed by atoms with Gasteiger partial charge in [-0.05, 0) is 30.8 Å². The van der Waals surface area contributed by atoms with Crippen LogP contribution in [0.25, 0.3) is 0 Å². The van der Waals surface area contributed by atoms with Gasteiger partial charge in [-0.25, -0.2) is 4.98 Å². The molecular formula is C12H21N3S. The van der Waals surface area contributed by atoms with E-state index in [-0.39, 0.29) is 0 Å². The van der Waals surface area contributed by atoms with Gasteiger partial charge >= 0.3 is 0 Å². The van der Waals surface area contributed by atoms with Crippen molar-refractivity contribution in [1.82, 2.24) is 14.9 Å². The third-order valence-corrected chi connectivity index (χ3v) is 4.09. The number of nitrogens with one attached hydrogen (secondary N) is 1. The largest absolute Gasteiger partial charge is 0.334 e. The molecule has 0 amide bonds. The summed E-state index contributed by atoms with van der Waals surface area (Å²) in [5, 5.41) is 3.63. The molecule has 0 radical (unpaired) electrons. The quantitative estimate of drug-likeness (QED) is 0.855. The molecule has 16 heavy (non-hydrogen) atoms. The van der Waals surface area contributed by atoms with Gasteiger partial charge in [-0.3, -0.25) is 0 Å². The molecule has 1 aromatic heterocycles. The fourth-order valence-electron chi connectivity index (χ4n) is 2.09. The first-order valence-electron chi connectivity index (χ1n) is 6.21. The Hall–Kier alpha value is -0.480. The molecule has 0 spiro atoms. The molecule has 0 saturated carbocycles. The Bertz CT molecular complexity index is 305. The van der Waals surface area contributed by atoms with Gasteiger partial charge in [0.1, 0.15) is 5.82 Å². The molecule has 2 heterocycles. The predicted octanol–water partition coefficient (Wildman–Crippen LogP) is 2.28. The van der Waals surface area contributed by atoms with Crippen LogP contribution in [0.2, 0.25) is 0 Å². The van der Waals surface area contributed by atoms with E-state index in [0.29, 0.717) is 6.04 Å². The Morgan fingerprint density at radius 3 is 3.06 bits per heavy atom. The number of hydrogen-bond acceptors (Lipinski definition) is 3. The monoisotopic (exact) mass is 239 g/mol. The normalized spacial score (nSPS) is 17.8. The SMILES string of the molecule is CCCn1ccnc1CNC1CCSCC1. The van der Waals surface area contributed by atoms with Crippen molar-refractivity contribution < 1.29 is 0 Å². The Morgan fingerprint density at radius 2 is 2.31 bits per heavy atom. The summed E-state index contributed by atoms with van der Waals surface area (Å²) in [4.78, 5) is 4.41. The van der Waals surface area contributed by atoms with Gasteiger partial charge in [0.25, 0.3) is 0 Å². The van der Waals surface area contributed by atoms with Gasteiger partial charge in [-0.15, -0.1) is 0 Å². The van der Waals surface area contributed by atoms with Crippen molar-refractivity contribution >= 4 is 11.8 Å². The molecule has 0 aromatic carbocycles. The lowest BCUT2D eigenvalue weighted by atomic mass is 10.1. The zero-order chi connectivity index (χ0) is 11.2. The van der Waals surface area contributed by atoms with E-state index in [1.807, 2.05) is 6.20 Å². The van der Waals surface area contributed by atoms with Crippen molar-refractivity contribution in [3.63, 3.8) is 0 Å². The fourth-order valence-corrected chi connectivity index (χ4v) is 3.20. The number of nitrogens with zero attached hydrogens (tertiary/aromatic N) is 2. The second-order valence-electron chi connectivity index (χ2n) is 4.30. The fraction of sp³-hybridized carbons (Fsp3) is 0.750. The van der Waals surface area contributed by atoms with Gasteiger partial charge in [-0.1, -0.05) is 6.92 Å². The predicted molar refractivity (Wildman–Crippen MR) is 69.7 cm³/mol. The summed E-state index contributed by atoms with van der Waals surface area (Å²) in [7, 11) is 0. The Labute approximate surface area is 102 Å². The molecule has 1 saturated heterocycles. The zero-order valence-corrected chi connectivity index (χ0v) is 10.8. The van der Waals surface area contributed by atoms with Crippen molar-refractivity contribution in [2.75, 3.05) is 11.5 Å². The molecule has 0 unspecified atom stereocenters. The second kappa shape index (κ2) is 6.30. The first-order chi connectivity index (χ1) is 7.90. The molecule has 3 nitrogen and oxygen atoms in total. The number of thioether (sulfide) groups is 1. The number of aromatic nitrogens is 2. The average molecular weight is 239 g/mol. The number of rotatable bonds is 5. The third kappa shape index (κ3) is 3.25. The standard InChI is InChI=1S/C12H21N3S/c1-2-6-15-7-5-13-12(15)10-14-11-3-8-16-9-4-11/h5,7,11,14H,2-4,6,8-10H2,1H3. The minimum atomic E-state index is 0.702. The maximum atomic E-state index is 4.41. The van der Waals surface area contributed by atoms with Crippen LogP contribution >= 0.6 is 11.8 Å². The van der Waals surface area contributed by atoms with Crippen LogP contribution in [0.1, 0.15) is 32.0 Å². The van der Waals surface area contributed by atoms with Crippen molar-refractivity contribution in [1.29, 1.82) is 0 Å². The van der Waals surface area contributed by atoms with Crippen molar-refractivity contribution in [2.24, 2.45) is 0 Å². The van der Waals surface area contributed by atoms with Crippen LogP contribution < -0.4 is 5.32 Å². The van der Waals surface area contributed by atoms with Crippen LogP contribution in [0.3, 0.4) is 0 Å². The van der Waals surface area contributed by atoms with Gasteiger partial charge in [0.15, 0.2) is 0 Å². The van der Waals surface area contributed by atoms with E-state index in [4.69, 9.17) is 0 Å². The molecule has 4 heteroatoms. The molecule has 0 atom stereocenters. The van der Waals surface area contributed by atoms with Gasteiger partial charge in [0, 0.05) is 25.0 Å². The zero-order valence-electron chi connectivity index (χ0n) is 9.98. The highest BCUT2D eigenvalue weighted by Gasteiger charge is 2.13. The molecule has 1 fully saturated rings. The maximum absolute atomic E-state index is 4.41. The first-order valence-corrected chi connectivity index (χ1v) is 7.36. The number of aryl methyl sites for hydroxylation is 1. The molecule has 1 aliphatic heterocycles. The van der Waals surface area contributed by atoms with Gasteiger partial charge in [0.2, 0.25) is 0 Å². The lowest BCUT2D eigenvalue weighted by molar-refractivity contribution is 0.464. The van der Waals surface area contributed by atoms with E-state index in [9.17, 15) is 0 Å². The molecule has 1 aromatic rings. The summed E-state index contributed by atoms with van der Waals surface area (Å²) in [6.45, 7) is 4.20. The molecule has 0 aliphatic carbocycles. The average Bonchev–Trinajstić information content (AvgIpc) is 2.76. The van der Waals surface area contributed by atoms with E-state index < -0.39 is 0 Å². The van der Waals surface area contributed by atoms with Crippen LogP contribution in [0.4, 0.5) is 0 Å². The molecule has 90 valence electrons. The van der Waals surface area contributed by atoms with Gasteiger partial charge in [-0.2, -0.15) is 11.8 Å². The minimum Gasteiger partial charge on any atom is -0.334 e.